The van der Waals surface area contributed by atoms with Gasteiger partial charge in [-0.2, -0.15) is 13.2 Å². The summed E-state index contributed by atoms with van der Waals surface area (Å²) in [4.78, 5) is 37.2. The highest BCUT2D eigenvalue weighted by molar-refractivity contribution is 7.15. The predicted molar refractivity (Wildman–Crippen MR) is 109 cm³/mol. The highest BCUT2D eigenvalue weighted by Gasteiger charge is 2.35. The number of halogens is 4. The predicted octanol–water partition coefficient (Wildman–Crippen LogP) is 3.14. The number of hydrogen-bond donors (Lipinski definition) is 1. The minimum Gasteiger partial charge on any atom is -0.296 e. The molecule has 0 atom stereocenters. The van der Waals surface area contributed by atoms with Crippen LogP contribution in [-0.4, -0.2) is 25.2 Å². The molecule has 0 aliphatic carbocycles. The lowest BCUT2D eigenvalue weighted by atomic mass is 10.1. The molecule has 2 heterocycles. The minimum absolute atomic E-state index is 0.133. The molecule has 170 valence electrons. The number of amides is 1. The zero-order chi connectivity index (χ0) is 23.6. The van der Waals surface area contributed by atoms with Crippen molar-refractivity contribution in [3.63, 3.8) is 0 Å². The summed E-state index contributed by atoms with van der Waals surface area (Å²) in [6.07, 6.45) is -2.41. The van der Waals surface area contributed by atoms with Crippen LogP contribution in [0.15, 0.2) is 33.9 Å². The summed E-state index contributed by atoms with van der Waals surface area (Å²) in [7, 11) is 0.851. The van der Waals surface area contributed by atoms with Crippen molar-refractivity contribution in [2.24, 2.45) is 7.05 Å². The summed E-state index contributed by atoms with van der Waals surface area (Å²) in [5.74, 6) is -1.88. The van der Waals surface area contributed by atoms with E-state index in [9.17, 15) is 31.9 Å². The van der Waals surface area contributed by atoms with Crippen LogP contribution in [0.4, 0.5) is 22.7 Å². The summed E-state index contributed by atoms with van der Waals surface area (Å²) in [6, 6.07) is 3.00. The topological polar surface area (TPSA) is 98.9 Å². The van der Waals surface area contributed by atoms with E-state index in [1.54, 1.807) is 0 Å². The monoisotopic (exact) mass is 471 g/mol. The fraction of sp³-hybridized carbons (Fsp3) is 0.316. The van der Waals surface area contributed by atoms with E-state index in [2.05, 4.69) is 15.5 Å². The average Bonchev–Trinajstić information content (AvgIpc) is 3.16. The van der Waals surface area contributed by atoms with E-state index >= 15 is 0 Å². The third-order valence-electron chi connectivity index (χ3n) is 4.49. The van der Waals surface area contributed by atoms with Gasteiger partial charge in [-0.05, 0) is 24.6 Å². The standard InChI is InChI=1S/C19H17F4N5O3S/c1-3-4-5-14-25-26-17(32-14)24-16(30)11-8-10(6-7-12(11)20)28-15(29)9-13(19(21,22)23)27(2)18(28)31/h6-9H,3-5H2,1-2H3,(H,24,26,30). The molecule has 0 aliphatic rings. The molecule has 1 aromatic carbocycles. The largest absolute Gasteiger partial charge is 0.431 e. The fourth-order valence-electron chi connectivity index (χ4n) is 2.86. The van der Waals surface area contributed by atoms with Crippen molar-refractivity contribution in [2.45, 2.75) is 32.4 Å². The Morgan fingerprint density at radius 2 is 1.91 bits per heavy atom. The number of carbonyl (C=O) groups is 1. The first-order valence-corrected chi connectivity index (χ1v) is 10.2. The van der Waals surface area contributed by atoms with Crippen LogP contribution in [0.3, 0.4) is 0 Å². The maximum absolute atomic E-state index is 14.3. The number of alkyl halides is 3. The first-order chi connectivity index (χ1) is 15.0. The molecule has 13 heteroatoms. The Morgan fingerprint density at radius 3 is 2.56 bits per heavy atom. The Hall–Kier alpha value is -3.35. The van der Waals surface area contributed by atoms with E-state index in [-0.39, 0.29) is 21.5 Å². The molecule has 0 unspecified atom stereocenters. The number of rotatable bonds is 6. The molecule has 32 heavy (non-hydrogen) atoms. The van der Waals surface area contributed by atoms with Crippen molar-refractivity contribution < 1.29 is 22.4 Å². The maximum Gasteiger partial charge on any atom is 0.431 e. The van der Waals surface area contributed by atoms with Gasteiger partial charge < -0.3 is 0 Å². The highest BCUT2D eigenvalue weighted by Crippen LogP contribution is 2.27. The van der Waals surface area contributed by atoms with E-state index in [0.29, 0.717) is 16.0 Å². The van der Waals surface area contributed by atoms with Crippen LogP contribution in [0, 0.1) is 5.82 Å². The Bertz CT molecular complexity index is 1280. The van der Waals surface area contributed by atoms with Crippen molar-refractivity contribution in [2.75, 3.05) is 5.32 Å². The molecule has 0 radical (unpaired) electrons. The van der Waals surface area contributed by atoms with Gasteiger partial charge in [0.15, 0.2) is 0 Å². The molecular weight excluding hydrogens is 454 g/mol. The zero-order valence-corrected chi connectivity index (χ0v) is 17.7. The Balaban J connectivity index is 1.97. The summed E-state index contributed by atoms with van der Waals surface area (Å²) < 4.78 is 54.0. The maximum atomic E-state index is 14.3. The third kappa shape index (κ3) is 4.77. The molecule has 8 nitrogen and oxygen atoms in total. The fourth-order valence-corrected chi connectivity index (χ4v) is 3.64. The number of benzene rings is 1. The van der Waals surface area contributed by atoms with Crippen LogP contribution in [0.1, 0.15) is 40.8 Å². The first kappa shape index (κ1) is 23.3. The summed E-state index contributed by atoms with van der Waals surface area (Å²) in [5.41, 5.74) is -4.80. The molecule has 2 aromatic heterocycles. The van der Waals surface area contributed by atoms with E-state index in [4.69, 9.17) is 0 Å². The van der Waals surface area contributed by atoms with E-state index in [1.165, 1.54) is 0 Å². The molecular formula is C19H17F4N5O3S. The van der Waals surface area contributed by atoms with Gasteiger partial charge >= 0.3 is 11.9 Å². The number of nitrogens with one attached hydrogen (secondary N) is 1. The Morgan fingerprint density at radius 1 is 1.19 bits per heavy atom. The second kappa shape index (κ2) is 9.02. The van der Waals surface area contributed by atoms with Gasteiger partial charge in [-0.15, -0.1) is 10.2 Å². The number of nitrogens with zero attached hydrogens (tertiary/aromatic N) is 4. The molecule has 0 spiro atoms. The molecule has 1 amide bonds. The van der Waals surface area contributed by atoms with Crippen LogP contribution < -0.4 is 16.6 Å². The lowest BCUT2D eigenvalue weighted by molar-refractivity contribution is -0.144. The van der Waals surface area contributed by atoms with Crippen molar-refractivity contribution >= 4 is 22.4 Å². The van der Waals surface area contributed by atoms with Gasteiger partial charge in [-0.25, -0.2) is 13.8 Å². The molecule has 0 bridgehead atoms. The SMILES string of the molecule is CCCCc1nnc(NC(=O)c2cc(-n3c(=O)cc(C(F)(F)F)n(C)c3=O)ccc2F)s1. The van der Waals surface area contributed by atoms with Crippen molar-refractivity contribution in [1.29, 1.82) is 0 Å². The number of aromatic nitrogens is 4. The second-order valence-electron chi connectivity index (χ2n) is 6.77. The Labute approximate surface area is 182 Å². The van der Waals surface area contributed by atoms with E-state index in [1.807, 2.05) is 6.92 Å². The number of anilines is 1. The van der Waals surface area contributed by atoms with Crippen molar-refractivity contribution in [1.82, 2.24) is 19.3 Å². The second-order valence-corrected chi connectivity index (χ2v) is 7.83. The van der Waals surface area contributed by atoms with Crippen LogP contribution >= 0.6 is 11.3 Å². The molecule has 3 aromatic rings. The molecule has 0 saturated carbocycles. The van der Waals surface area contributed by atoms with Crippen LogP contribution in [0.25, 0.3) is 5.69 Å². The van der Waals surface area contributed by atoms with Crippen LogP contribution in [-0.2, 0) is 19.6 Å². The van der Waals surface area contributed by atoms with Gasteiger partial charge in [-0.1, -0.05) is 24.7 Å². The van der Waals surface area contributed by atoms with Gasteiger partial charge in [0.2, 0.25) is 5.13 Å². The quantitative estimate of drug-likeness (QED) is 0.557. The lowest BCUT2D eigenvalue weighted by Crippen LogP contribution is -2.40. The number of aryl methyl sites for hydroxylation is 1. The highest BCUT2D eigenvalue weighted by atomic mass is 32.1. The minimum atomic E-state index is -4.92. The molecule has 1 N–H and O–H groups in total. The van der Waals surface area contributed by atoms with Gasteiger partial charge in [-0.3, -0.25) is 19.5 Å². The number of hydrogen-bond acceptors (Lipinski definition) is 6. The zero-order valence-electron chi connectivity index (χ0n) is 16.9. The van der Waals surface area contributed by atoms with Gasteiger partial charge in [0.05, 0.1) is 11.3 Å². The summed E-state index contributed by atoms with van der Waals surface area (Å²) in [5, 5.41) is 11.0. The van der Waals surface area contributed by atoms with E-state index in [0.717, 1.165) is 49.4 Å². The lowest BCUT2D eigenvalue weighted by Gasteiger charge is -2.14. The van der Waals surface area contributed by atoms with Crippen molar-refractivity contribution in [3.05, 3.63) is 67.2 Å². The van der Waals surface area contributed by atoms with Gasteiger partial charge in [0.25, 0.3) is 11.5 Å². The van der Waals surface area contributed by atoms with Crippen LogP contribution in [0.2, 0.25) is 0 Å². The molecule has 3 rings (SSSR count). The van der Waals surface area contributed by atoms with Crippen molar-refractivity contribution in [3.8, 4) is 5.69 Å². The van der Waals surface area contributed by atoms with Gasteiger partial charge in [0, 0.05) is 19.5 Å². The molecule has 0 aliphatic heterocycles. The molecule has 0 fully saturated rings. The molecule has 0 saturated heterocycles. The van der Waals surface area contributed by atoms with Gasteiger partial charge in [0.1, 0.15) is 16.5 Å². The summed E-state index contributed by atoms with van der Waals surface area (Å²) >= 11 is 1.12. The smallest absolute Gasteiger partial charge is 0.296 e. The average molecular weight is 471 g/mol. The van der Waals surface area contributed by atoms with E-state index < -0.39 is 40.4 Å². The van der Waals surface area contributed by atoms with Crippen LogP contribution in [0.5, 0.6) is 0 Å². The number of unbranched alkanes of at least 4 members (excludes halogenated alkanes) is 1. The summed E-state index contributed by atoms with van der Waals surface area (Å²) in [6.45, 7) is 2.01. The normalized spacial score (nSPS) is 11.6. The third-order valence-corrected chi connectivity index (χ3v) is 5.39. The Kier molecular flexibility index (Phi) is 6.57. The number of carbonyl (C=O) groups excluding carboxylic acids is 1. The first-order valence-electron chi connectivity index (χ1n) is 9.37.